The summed E-state index contributed by atoms with van der Waals surface area (Å²) in [5, 5.41) is 8.47. The van der Waals surface area contributed by atoms with E-state index in [4.69, 9.17) is 22.1 Å². The predicted octanol–water partition coefficient (Wildman–Crippen LogP) is 2.16. The predicted molar refractivity (Wildman–Crippen MR) is 70.8 cm³/mol. The molecule has 1 aromatic heterocycles. The Balaban J connectivity index is 1.92. The normalized spacial score (nSPS) is 10.6. The molecule has 2 rings (SSSR count). The molecule has 0 atom stereocenters. The van der Waals surface area contributed by atoms with Crippen molar-refractivity contribution in [3.05, 3.63) is 35.0 Å². The van der Waals surface area contributed by atoms with Gasteiger partial charge in [-0.2, -0.15) is 0 Å². The fraction of sp³-hybridized carbons (Fsp3) is 0.333. The van der Waals surface area contributed by atoms with Crippen molar-refractivity contribution in [2.45, 2.75) is 19.9 Å². The number of ether oxygens (including phenoxy) is 1. The van der Waals surface area contributed by atoms with Gasteiger partial charge in [0, 0.05) is 5.02 Å². The molecule has 5 nitrogen and oxygen atoms in total. The van der Waals surface area contributed by atoms with E-state index in [-0.39, 0.29) is 0 Å². The van der Waals surface area contributed by atoms with Gasteiger partial charge in [-0.1, -0.05) is 29.8 Å². The average Bonchev–Trinajstić information content (AvgIpc) is 2.70. The van der Waals surface area contributed by atoms with E-state index in [9.17, 15) is 0 Å². The van der Waals surface area contributed by atoms with Gasteiger partial charge < -0.3 is 10.5 Å². The van der Waals surface area contributed by atoms with Gasteiger partial charge >= 0.3 is 0 Å². The molecule has 6 heteroatoms. The zero-order chi connectivity index (χ0) is 13.0. The lowest BCUT2D eigenvalue weighted by Gasteiger charge is -2.08. The molecule has 0 fully saturated rings. The molecule has 0 saturated carbocycles. The van der Waals surface area contributed by atoms with E-state index in [0.29, 0.717) is 24.0 Å². The van der Waals surface area contributed by atoms with Crippen molar-refractivity contribution >= 4 is 17.4 Å². The molecular formula is C12H15ClN4O. The molecule has 1 aromatic carbocycles. The van der Waals surface area contributed by atoms with Crippen LogP contribution in [0.25, 0.3) is 0 Å². The maximum absolute atomic E-state index is 5.87. The molecule has 0 saturated heterocycles. The van der Waals surface area contributed by atoms with Crippen LogP contribution in [-0.2, 0) is 13.0 Å². The molecule has 0 spiro atoms. The van der Waals surface area contributed by atoms with Gasteiger partial charge in [-0.05, 0) is 24.6 Å². The molecule has 2 aromatic rings. The van der Waals surface area contributed by atoms with Gasteiger partial charge in [-0.25, -0.2) is 4.68 Å². The summed E-state index contributed by atoms with van der Waals surface area (Å²) in [6.45, 7) is 3.12. The van der Waals surface area contributed by atoms with Crippen LogP contribution < -0.4 is 10.5 Å². The van der Waals surface area contributed by atoms with Crippen LogP contribution in [0.3, 0.4) is 0 Å². The summed E-state index contributed by atoms with van der Waals surface area (Å²) >= 11 is 5.87. The first-order valence-electron chi connectivity index (χ1n) is 5.77. The standard InChI is InChI=1S/C12H15ClN4O/c1-2-11-12(14)15-16-17(11)6-7-18-10-5-3-4-9(13)8-10/h3-5,8H,2,6-7,14H2,1H3. The Labute approximate surface area is 111 Å². The number of hydrogen-bond donors (Lipinski definition) is 1. The Hall–Kier alpha value is -1.75. The van der Waals surface area contributed by atoms with Gasteiger partial charge in [-0.15, -0.1) is 5.10 Å². The molecule has 0 amide bonds. The minimum atomic E-state index is 0.486. The third-order valence-corrected chi connectivity index (χ3v) is 2.81. The van der Waals surface area contributed by atoms with Crippen molar-refractivity contribution in [2.75, 3.05) is 12.3 Å². The Kier molecular flexibility index (Phi) is 4.04. The van der Waals surface area contributed by atoms with Crippen molar-refractivity contribution in [1.29, 1.82) is 0 Å². The van der Waals surface area contributed by atoms with E-state index < -0.39 is 0 Å². The topological polar surface area (TPSA) is 66.0 Å². The van der Waals surface area contributed by atoms with E-state index in [1.807, 2.05) is 25.1 Å². The zero-order valence-corrected chi connectivity index (χ0v) is 10.9. The van der Waals surface area contributed by atoms with Crippen LogP contribution in [0.4, 0.5) is 5.82 Å². The number of halogens is 1. The van der Waals surface area contributed by atoms with Gasteiger partial charge in [0.25, 0.3) is 0 Å². The van der Waals surface area contributed by atoms with Crippen molar-refractivity contribution in [1.82, 2.24) is 15.0 Å². The maximum Gasteiger partial charge on any atom is 0.169 e. The van der Waals surface area contributed by atoms with E-state index in [1.54, 1.807) is 10.7 Å². The molecule has 0 bridgehead atoms. The summed E-state index contributed by atoms with van der Waals surface area (Å²) < 4.78 is 7.35. The number of aromatic nitrogens is 3. The average molecular weight is 267 g/mol. The van der Waals surface area contributed by atoms with E-state index in [0.717, 1.165) is 17.9 Å². The van der Waals surface area contributed by atoms with Crippen LogP contribution in [-0.4, -0.2) is 21.6 Å². The first-order valence-corrected chi connectivity index (χ1v) is 6.14. The molecule has 0 unspecified atom stereocenters. The number of nitrogens with two attached hydrogens (primary N) is 1. The maximum atomic E-state index is 5.87. The van der Waals surface area contributed by atoms with Crippen LogP contribution in [0.15, 0.2) is 24.3 Å². The molecular weight excluding hydrogens is 252 g/mol. The second-order valence-corrected chi connectivity index (χ2v) is 4.24. The fourth-order valence-corrected chi connectivity index (χ4v) is 1.88. The quantitative estimate of drug-likeness (QED) is 0.901. The minimum absolute atomic E-state index is 0.486. The zero-order valence-electron chi connectivity index (χ0n) is 10.1. The molecule has 1 heterocycles. The SMILES string of the molecule is CCc1c(N)nnn1CCOc1cccc(Cl)c1. The lowest BCUT2D eigenvalue weighted by molar-refractivity contribution is 0.287. The summed E-state index contributed by atoms with van der Waals surface area (Å²) in [7, 11) is 0. The van der Waals surface area contributed by atoms with Crippen LogP contribution in [0.1, 0.15) is 12.6 Å². The molecule has 18 heavy (non-hydrogen) atoms. The number of hydrogen-bond acceptors (Lipinski definition) is 4. The third kappa shape index (κ3) is 2.92. The van der Waals surface area contributed by atoms with Gasteiger partial charge in [0.15, 0.2) is 5.82 Å². The lowest BCUT2D eigenvalue weighted by atomic mass is 10.3. The molecule has 2 N–H and O–H groups in total. The summed E-state index contributed by atoms with van der Waals surface area (Å²) in [5.41, 5.74) is 6.64. The van der Waals surface area contributed by atoms with E-state index in [1.165, 1.54) is 0 Å². The van der Waals surface area contributed by atoms with Gasteiger partial charge in [-0.3, -0.25) is 0 Å². The highest BCUT2D eigenvalue weighted by atomic mass is 35.5. The van der Waals surface area contributed by atoms with Gasteiger partial charge in [0.1, 0.15) is 12.4 Å². The Morgan fingerprint density at radius 3 is 3.00 bits per heavy atom. The van der Waals surface area contributed by atoms with Crippen LogP contribution in [0.5, 0.6) is 5.75 Å². The smallest absolute Gasteiger partial charge is 0.169 e. The molecule has 0 aliphatic rings. The number of benzene rings is 1. The van der Waals surface area contributed by atoms with Crippen molar-refractivity contribution < 1.29 is 4.74 Å². The van der Waals surface area contributed by atoms with Gasteiger partial charge in [0.2, 0.25) is 0 Å². The van der Waals surface area contributed by atoms with Crippen molar-refractivity contribution in [3.63, 3.8) is 0 Å². The fourth-order valence-electron chi connectivity index (χ4n) is 1.70. The number of rotatable bonds is 5. The highest BCUT2D eigenvalue weighted by molar-refractivity contribution is 6.30. The monoisotopic (exact) mass is 266 g/mol. The summed E-state index contributed by atoms with van der Waals surface area (Å²) in [5.74, 6) is 1.23. The first-order chi connectivity index (χ1) is 8.70. The first kappa shape index (κ1) is 12.7. The second kappa shape index (κ2) is 5.73. The van der Waals surface area contributed by atoms with E-state index >= 15 is 0 Å². The molecule has 0 aliphatic carbocycles. The Morgan fingerprint density at radius 1 is 1.44 bits per heavy atom. The summed E-state index contributed by atoms with van der Waals surface area (Å²) in [4.78, 5) is 0. The molecule has 0 aliphatic heterocycles. The van der Waals surface area contributed by atoms with Crippen LogP contribution >= 0.6 is 11.6 Å². The number of anilines is 1. The largest absolute Gasteiger partial charge is 0.492 e. The summed E-state index contributed by atoms with van der Waals surface area (Å²) in [6, 6.07) is 7.30. The number of nitrogen functional groups attached to an aromatic ring is 1. The second-order valence-electron chi connectivity index (χ2n) is 3.80. The highest BCUT2D eigenvalue weighted by Gasteiger charge is 2.07. The van der Waals surface area contributed by atoms with E-state index in [2.05, 4.69) is 10.3 Å². The van der Waals surface area contributed by atoms with Crippen LogP contribution in [0, 0.1) is 0 Å². The van der Waals surface area contributed by atoms with Crippen molar-refractivity contribution in [3.8, 4) is 5.75 Å². The minimum Gasteiger partial charge on any atom is -0.492 e. The van der Waals surface area contributed by atoms with Crippen LogP contribution in [0.2, 0.25) is 5.02 Å². The Morgan fingerprint density at radius 2 is 2.28 bits per heavy atom. The Bertz CT molecular complexity index is 527. The summed E-state index contributed by atoms with van der Waals surface area (Å²) in [6.07, 6.45) is 0.802. The molecule has 0 radical (unpaired) electrons. The molecule has 96 valence electrons. The third-order valence-electron chi connectivity index (χ3n) is 2.57. The highest BCUT2D eigenvalue weighted by Crippen LogP contribution is 2.17. The lowest BCUT2D eigenvalue weighted by Crippen LogP contribution is -2.12. The number of nitrogens with zero attached hydrogens (tertiary/aromatic N) is 3. The van der Waals surface area contributed by atoms with Gasteiger partial charge in [0.05, 0.1) is 12.2 Å². The van der Waals surface area contributed by atoms with Crippen molar-refractivity contribution in [2.24, 2.45) is 0 Å².